The van der Waals surface area contributed by atoms with Gasteiger partial charge in [0, 0.05) is 23.1 Å². The highest BCUT2D eigenvalue weighted by atomic mass is 32.1. The summed E-state index contributed by atoms with van der Waals surface area (Å²) in [4.78, 5) is 19.5. The lowest BCUT2D eigenvalue weighted by molar-refractivity contribution is 0.0989. The lowest BCUT2D eigenvalue weighted by Gasteiger charge is -2.18. The minimum Gasteiger partial charge on any atom is -0.280 e. The average Bonchev–Trinajstić information content (AvgIpc) is 3.45. The molecule has 2 heterocycles. The topological polar surface area (TPSA) is 76.8 Å². The Morgan fingerprint density at radius 3 is 2.79 bits per heavy atom. The molecule has 0 fully saturated rings. The molecule has 28 heavy (non-hydrogen) atoms. The molecule has 0 aliphatic carbocycles. The number of hydrogen-bond donors (Lipinski definition) is 0. The van der Waals surface area contributed by atoms with Crippen molar-refractivity contribution in [1.29, 1.82) is 0 Å². The third-order valence-electron chi connectivity index (χ3n) is 4.06. The molecule has 0 spiro atoms. The summed E-state index contributed by atoms with van der Waals surface area (Å²) in [6.07, 6.45) is 3.17. The fourth-order valence-electron chi connectivity index (χ4n) is 2.72. The van der Waals surface area contributed by atoms with Crippen LogP contribution >= 0.6 is 11.3 Å². The number of amides is 1. The largest absolute Gasteiger partial charge is 0.280 e. The summed E-state index contributed by atoms with van der Waals surface area (Å²) in [6.45, 7) is 4.13. The molecule has 7 nitrogen and oxygen atoms in total. The Labute approximate surface area is 165 Å². The average molecular weight is 388 g/mol. The van der Waals surface area contributed by atoms with Crippen LogP contribution in [0.4, 0.5) is 5.13 Å². The van der Waals surface area contributed by atoms with E-state index in [1.807, 2.05) is 41.8 Å². The quantitative estimate of drug-likeness (QED) is 0.472. The highest BCUT2D eigenvalue weighted by Crippen LogP contribution is 2.28. The second-order valence-corrected chi connectivity index (χ2v) is 6.73. The number of hydrogen-bond acceptors (Lipinski definition) is 6. The van der Waals surface area contributed by atoms with E-state index < -0.39 is 0 Å². The maximum absolute atomic E-state index is 13.2. The van der Waals surface area contributed by atoms with Crippen LogP contribution in [0.15, 0.2) is 79.0 Å². The van der Waals surface area contributed by atoms with Crippen molar-refractivity contribution in [3.8, 4) is 16.9 Å². The van der Waals surface area contributed by atoms with Gasteiger partial charge in [0.25, 0.3) is 5.91 Å². The zero-order valence-electron chi connectivity index (χ0n) is 14.8. The van der Waals surface area contributed by atoms with E-state index in [1.165, 1.54) is 22.3 Å². The van der Waals surface area contributed by atoms with E-state index in [-0.39, 0.29) is 5.91 Å². The van der Waals surface area contributed by atoms with E-state index in [9.17, 15) is 4.79 Å². The summed E-state index contributed by atoms with van der Waals surface area (Å²) in [7, 11) is 0. The molecule has 2 aromatic heterocycles. The molecule has 4 aromatic rings. The van der Waals surface area contributed by atoms with Gasteiger partial charge in [-0.1, -0.05) is 42.5 Å². The van der Waals surface area contributed by atoms with Crippen LogP contribution in [-0.2, 0) is 0 Å². The molecule has 0 atom stereocenters. The van der Waals surface area contributed by atoms with Gasteiger partial charge in [-0.3, -0.25) is 9.69 Å². The molecule has 1 amide bonds. The third-order valence-corrected chi connectivity index (χ3v) is 4.92. The highest BCUT2D eigenvalue weighted by molar-refractivity contribution is 7.14. The first-order valence-corrected chi connectivity index (χ1v) is 9.41. The Hall–Kier alpha value is -3.65. The number of anilines is 1. The predicted molar refractivity (Wildman–Crippen MR) is 109 cm³/mol. The van der Waals surface area contributed by atoms with Crippen LogP contribution in [0.2, 0.25) is 0 Å². The van der Waals surface area contributed by atoms with E-state index in [4.69, 9.17) is 0 Å². The minimum absolute atomic E-state index is 0.163. The van der Waals surface area contributed by atoms with Crippen molar-refractivity contribution in [2.24, 2.45) is 0 Å². The molecule has 0 aliphatic rings. The highest BCUT2D eigenvalue weighted by Gasteiger charge is 2.20. The molecule has 4 rings (SSSR count). The summed E-state index contributed by atoms with van der Waals surface area (Å²) in [5, 5.41) is 13.7. The van der Waals surface area contributed by atoms with E-state index >= 15 is 0 Å². The molecule has 0 bridgehead atoms. The van der Waals surface area contributed by atoms with Crippen molar-refractivity contribution in [3.05, 3.63) is 84.5 Å². The van der Waals surface area contributed by atoms with E-state index in [1.54, 1.807) is 29.2 Å². The summed E-state index contributed by atoms with van der Waals surface area (Å²) in [5.41, 5.74) is 3.08. The molecule has 8 heteroatoms. The van der Waals surface area contributed by atoms with Crippen molar-refractivity contribution < 1.29 is 4.79 Å². The number of rotatable bonds is 6. The Bertz CT molecular complexity index is 1090. The predicted octanol–water partition coefficient (Wildman–Crippen LogP) is 3.62. The monoisotopic (exact) mass is 388 g/mol. The second-order valence-electron chi connectivity index (χ2n) is 5.89. The lowest BCUT2D eigenvalue weighted by Crippen LogP contribution is -2.31. The fraction of sp³-hybridized carbons (Fsp3) is 0.0500. The van der Waals surface area contributed by atoms with Crippen molar-refractivity contribution in [3.63, 3.8) is 0 Å². The molecule has 0 aliphatic heterocycles. The van der Waals surface area contributed by atoms with Crippen LogP contribution in [0.5, 0.6) is 0 Å². The van der Waals surface area contributed by atoms with Crippen LogP contribution in [0.3, 0.4) is 0 Å². The van der Waals surface area contributed by atoms with Gasteiger partial charge in [0.1, 0.15) is 6.33 Å². The van der Waals surface area contributed by atoms with Gasteiger partial charge in [0.15, 0.2) is 5.13 Å². The number of tetrazole rings is 1. The summed E-state index contributed by atoms with van der Waals surface area (Å²) in [5.74, 6) is -0.163. The molecular weight excluding hydrogens is 372 g/mol. The Kier molecular flexibility index (Phi) is 5.03. The zero-order chi connectivity index (χ0) is 19.3. The zero-order valence-corrected chi connectivity index (χ0v) is 15.7. The van der Waals surface area contributed by atoms with Crippen LogP contribution < -0.4 is 4.90 Å². The lowest BCUT2D eigenvalue weighted by atomic mass is 10.1. The van der Waals surface area contributed by atoms with Gasteiger partial charge in [0.05, 0.1) is 11.4 Å². The molecule has 138 valence electrons. The summed E-state index contributed by atoms with van der Waals surface area (Å²) < 4.78 is 1.51. The van der Waals surface area contributed by atoms with Gasteiger partial charge in [-0.2, -0.15) is 0 Å². The molecule has 0 saturated carbocycles. The van der Waals surface area contributed by atoms with Crippen LogP contribution in [0.25, 0.3) is 16.9 Å². The van der Waals surface area contributed by atoms with Crippen molar-refractivity contribution in [2.45, 2.75) is 0 Å². The molecular formula is C20H16N6OS. The standard InChI is InChI=1S/C20H16N6OS/c1-2-11-25(20-22-18(13-28-20)15-7-4-3-5-8-15)19(27)16-9-6-10-17(12-16)26-14-21-23-24-26/h2-10,12-14H,1,11H2. The maximum Gasteiger partial charge on any atom is 0.260 e. The van der Waals surface area contributed by atoms with Crippen molar-refractivity contribution in [2.75, 3.05) is 11.4 Å². The number of carbonyl (C=O) groups is 1. The van der Waals surface area contributed by atoms with Gasteiger partial charge in [-0.25, -0.2) is 9.67 Å². The van der Waals surface area contributed by atoms with Gasteiger partial charge in [-0.05, 0) is 28.6 Å². The van der Waals surface area contributed by atoms with Gasteiger partial charge in [-0.15, -0.1) is 23.0 Å². The SMILES string of the molecule is C=CCN(C(=O)c1cccc(-n2cnnn2)c1)c1nc(-c2ccccc2)cs1. The first-order chi connectivity index (χ1) is 13.8. The third kappa shape index (κ3) is 3.58. The summed E-state index contributed by atoms with van der Waals surface area (Å²) >= 11 is 1.43. The fourth-order valence-corrected chi connectivity index (χ4v) is 3.57. The molecule has 0 N–H and O–H groups in total. The first kappa shape index (κ1) is 17.7. The number of aromatic nitrogens is 5. The minimum atomic E-state index is -0.163. The Balaban J connectivity index is 1.65. The molecule has 0 saturated heterocycles. The van der Waals surface area contributed by atoms with Crippen LogP contribution in [-0.4, -0.2) is 37.6 Å². The number of nitrogens with zero attached hydrogens (tertiary/aromatic N) is 6. The van der Waals surface area contributed by atoms with E-state index in [0.29, 0.717) is 22.9 Å². The summed E-state index contributed by atoms with van der Waals surface area (Å²) in [6, 6.07) is 17.0. The normalized spacial score (nSPS) is 10.6. The van der Waals surface area contributed by atoms with Crippen molar-refractivity contribution >= 4 is 22.4 Å². The Morgan fingerprint density at radius 1 is 1.18 bits per heavy atom. The van der Waals surface area contributed by atoms with Gasteiger partial charge >= 0.3 is 0 Å². The van der Waals surface area contributed by atoms with E-state index in [2.05, 4.69) is 27.1 Å². The molecule has 0 unspecified atom stereocenters. The first-order valence-electron chi connectivity index (χ1n) is 8.53. The number of carbonyl (C=O) groups excluding carboxylic acids is 1. The number of thiazole rings is 1. The van der Waals surface area contributed by atoms with Gasteiger partial charge in [0.2, 0.25) is 0 Å². The smallest absolute Gasteiger partial charge is 0.260 e. The van der Waals surface area contributed by atoms with E-state index in [0.717, 1.165) is 11.3 Å². The van der Waals surface area contributed by atoms with Crippen LogP contribution in [0.1, 0.15) is 10.4 Å². The molecule has 0 radical (unpaired) electrons. The molecule has 2 aromatic carbocycles. The van der Waals surface area contributed by atoms with Gasteiger partial charge < -0.3 is 0 Å². The maximum atomic E-state index is 13.2. The van der Waals surface area contributed by atoms with Crippen molar-refractivity contribution in [1.82, 2.24) is 25.2 Å². The Morgan fingerprint density at radius 2 is 2.04 bits per heavy atom. The van der Waals surface area contributed by atoms with Crippen LogP contribution in [0, 0.1) is 0 Å². The number of benzene rings is 2. The second kappa shape index (κ2) is 7.93.